The lowest BCUT2D eigenvalue weighted by Crippen LogP contribution is -2.28. The topological polar surface area (TPSA) is 43.4 Å². The van der Waals surface area contributed by atoms with Gasteiger partial charge in [0, 0.05) is 34.1 Å². The summed E-state index contributed by atoms with van der Waals surface area (Å²) < 4.78 is 26.0. The molecule has 0 atom stereocenters. The van der Waals surface area contributed by atoms with Gasteiger partial charge in [-0.15, -0.1) is 0 Å². The van der Waals surface area contributed by atoms with Crippen LogP contribution in [0.25, 0.3) is 57.7 Å². The second-order valence-electron chi connectivity index (χ2n) is 29.5. The Bertz CT molecular complexity index is 5620. The van der Waals surface area contributed by atoms with Gasteiger partial charge in [0.05, 0.1) is 10.8 Å². The Morgan fingerprint density at radius 1 is 0.216 bits per heavy atom. The molecule has 0 aromatic heterocycles. The molecule has 2 aliphatic rings. The molecular formula is C110H84N2O4. The molecule has 0 unspecified atom stereocenters. The summed E-state index contributed by atoms with van der Waals surface area (Å²) in [7, 11) is 0. The Balaban J connectivity index is 0.686. The molecule has 18 rings (SSSR count). The van der Waals surface area contributed by atoms with Gasteiger partial charge in [0.15, 0.2) is 0 Å². The van der Waals surface area contributed by atoms with Crippen molar-refractivity contribution in [2.75, 3.05) is 9.80 Å². The number of hydrogen-bond acceptors (Lipinski definition) is 6. The fraction of sp³-hybridized carbons (Fsp3) is 0.0545. The molecule has 0 heterocycles. The van der Waals surface area contributed by atoms with Gasteiger partial charge < -0.3 is 28.7 Å². The summed E-state index contributed by atoms with van der Waals surface area (Å²) in [5.74, 6) is 3.16. The van der Waals surface area contributed by atoms with Crippen molar-refractivity contribution in [1.29, 1.82) is 0 Å². The highest BCUT2D eigenvalue weighted by molar-refractivity contribution is 5.92. The van der Waals surface area contributed by atoms with E-state index in [1.165, 1.54) is 44.5 Å². The highest BCUT2D eigenvalue weighted by atomic mass is 16.5. The second kappa shape index (κ2) is 32.2. The molecule has 0 bridgehead atoms. The molecule has 0 saturated carbocycles. The summed E-state index contributed by atoms with van der Waals surface area (Å²) in [6.07, 6.45) is 7.43. The first-order valence-electron chi connectivity index (χ1n) is 39.4. The average molecular weight is 1500 g/mol. The van der Waals surface area contributed by atoms with Crippen LogP contribution >= 0.6 is 0 Å². The lowest BCUT2D eigenvalue weighted by atomic mass is 9.67. The zero-order chi connectivity index (χ0) is 78.4. The Morgan fingerprint density at radius 2 is 0.457 bits per heavy atom. The van der Waals surface area contributed by atoms with E-state index in [1.54, 1.807) is 0 Å². The van der Waals surface area contributed by atoms with Gasteiger partial charge in [-0.3, -0.25) is 0 Å². The quantitative estimate of drug-likeness (QED) is 0.0511. The zero-order valence-electron chi connectivity index (χ0n) is 64.4. The summed E-state index contributed by atoms with van der Waals surface area (Å²) in [6, 6.07) is 139. The molecule has 0 spiro atoms. The second-order valence-corrected chi connectivity index (χ2v) is 29.5. The number of rotatable bonds is 27. The van der Waals surface area contributed by atoms with Crippen LogP contribution in [0.15, 0.2) is 415 Å². The molecule has 16 aromatic carbocycles. The van der Waals surface area contributed by atoms with Crippen LogP contribution in [0.3, 0.4) is 0 Å². The third-order valence-electron chi connectivity index (χ3n) is 22.8. The van der Waals surface area contributed by atoms with Gasteiger partial charge >= 0.3 is 0 Å². The van der Waals surface area contributed by atoms with Crippen LogP contribution in [0.2, 0.25) is 0 Å². The van der Waals surface area contributed by atoms with E-state index in [9.17, 15) is 0 Å². The number of para-hydroxylation sites is 2. The van der Waals surface area contributed by atoms with Crippen LogP contribution in [-0.2, 0) is 37.3 Å². The van der Waals surface area contributed by atoms with Gasteiger partial charge in [-0.2, -0.15) is 0 Å². The molecule has 0 saturated heterocycles. The van der Waals surface area contributed by atoms with Crippen LogP contribution < -0.4 is 28.7 Å². The third kappa shape index (κ3) is 14.0. The summed E-state index contributed by atoms with van der Waals surface area (Å²) in [5.41, 5.74) is 29.4. The predicted octanol–water partition coefficient (Wildman–Crippen LogP) is 27.9. The maximum Gasteiger partial charge on any atom is 0.119 e. The van der Waals surface area contributed by atoms with Gasteiger partial charge in [0.2, 0.25) is 0 Å². The number of anilines is 6. The SMILES string of the molecule is C=Cc1ccc(COc2ccc(C3(c4ccc(OCc5ccc(C=C)cc5)cc4)c4ccccc4-c4ccc(N(c5ccccc5)c5ccc(-c6ccc(N(c7ccccc7)c7ccc8c(c7)C(c7ccc(OCc9ccc(C=C)cc9)cc7)(c7ccc(OCc9ccc(C=C)cc9)cc7)c7ccccc7-8)cc6)cc5)cc43)cc2)cc1. The Morgan fingerprint density at radius 3 is 0.733 bits per heavy atom. The fourth-order valence-corrected chi connectivity index (χ4v) is 16.9. The van der Waals surface area contributed by atoms with E-state index in [2.05, 4.69) is 424 Å². The molecule has 0 radical (unpaired) electrons. The largest absolute Gasteiger partial charge is 0.489 e. The van der Waals surface area contributed by atoms with E-state index in [0.717, 1.165) is 135 Å². The van der Waals surface area contributed by atoms with Crippen molar-refractivity contribution >= 4 is 58.4 Å². The molecular weight excluding hydrogens is 1410 g/mol. The van der Waals surface area contributed by atoms with Gasteiger partial charge in [-0.1, -0.05) is 318 Å². The third-order valence-corrected chi connectivity index (χ3v) is 22.8. The first-order chi connectivity index (χ1) is 57.2. The monoisotopic (exact) mass is 1500 g/mol. The first-order valence-corrected chi connectivity index (χ1v) is 39.4. The fourth-order valence-electron chi connectivity index (χ4n) is 16.9. The summed E-state index contributed by atoms with van der Waals surface area (Å²) in [6.45, 7) is 17.5. The van der Waals surface area contributed by atoms with Crippen LogP contribution in [0.1, 0.15) is 89.0 Å². The Kier molecular flexibility index (Phi) is 20.2. The predicted molar refractivity (Wildman–Crippen MR) is 479 cm³/mol. The van der Waals surface area contributed by atoms with Crippen molar-refractivity contribution in [3.8, 4) is 56.4 Å². The molecule has 558 valence electrons. The van der Waals surface area contributed by atoms with Crippen molar-refractivity contribution in [1.82, 2.24) is 0 Å². The number of hydrogen-bond donors (Lipinski definition) is 0. The molecule has 6 heteroatoms. The molecule has 116 heavy (non-hydrogen) atoms. The van der Waals surface area contributed by atoms with E-state index < -0.39 is 10.8 Å². The smallest absolute Gasteiger partial charge is 0.119 e. The molecule has 0 amide bonds. The minimum Gasteiger partial charge on any atom is -0.489 e. The maximum atomic E-state index is 6.51. The van der Waals surface area contributed by atoms with Crippen molar-refractivity contribution in [3.05, 3.63) is 504 Å². The maximum absolute atomic E-state index is 6.51. The molecule has 0 fully saturated rings. The highest BCUT2D eigenvalue weighted by Crippen LogP contribution is 2.60. The van der Waals surface area contributed by atoms with Gasteiger partial charge in [-0.25, -0.2) is 0 Å². The highest BCUT2D eigenvalue weighted by Gasteiger charge is 2.48. The average Bonchev–Trinajstić information content (AvgIpc) is 1.54. The first kappa shape index (κ1) is 72.8. The van der Waals surface area contributed by atoms with Crippen molar-refractivity contribution in [2.45, 2.75) is 37.3 Å². The standard InChI is InChI=1S/C110H84N2O4/c1-5-77-27-35-81(36-28-77)73-113-97-61-47-87(48-62-97)109(88-49-63-98(64-50-88)114-74-82-37-29-78(6-2)30-38-82)105-25-17-15-23-101(105)103-69-59-95(71-107(103)109)111(91-19-11-9-12-20-91)93-55-43-85(44-56-93)86-45-57-94(58-46-86)112(92-21-13-10-14-22-92)96-60-70-104-102-24-16-18-26-106(102)110(108(104)72-96,89-51-65-99(66-52-89)115-75-83-39-31-79(7-3)32-40-83)90-53-67-100(68-54-90)116-76-84-41-33-80(8-4)34-42-84/h5-72H,1-4,73-76H2. The van der Waals surface area contributed by atoms with E-state index >= 15 is 0 Å². The van der Waals surface area contributed by atoms with Crippen LogP contribution in [0, 0.1) is 0 Å². The normalized spacial score (nSPS) is 12.4. The number of ether oxygens (including phenoxy) is 4. The summed E-state index contributed by atoms with van der Waals surface area (Å²) in [4.78, 5) is 4.76. The van der Waals surface area contributed by atoms with E-state index in [4.69, 9.17) is 18.9 Å². The minimum absolute atomic E-state index is 0.439. The van der Waals surface area contributed by atoms with Gasteiger partial charge in [-0.05, 0) is 244 Å². The van der Waals surface area contributed by atoms with Gasteiger partial charge in [0.25, 0.3) is 0 Å². The Hall–Kier alpha value is -14.7. The van der Waals surface area contributed by atoms with E-state index in [-0.39, 0.29) is 0 Å². The number of benzene rings is 16. The number of nitrogens with zero attached hydrogens (tertiary/aromatic N) is 2. The van der Waals surface area contributed by atoms with Crippen LogP contribution in [0.4, 0.5) is 34.1 Å². The van der Waals surface area contributed by atoms with Crippen molar-refractivity contribution < 1.29 is 18.9 Å². The molecule has 0 aliphatic heterocycles. The zero-order valence-corrected chi connectivity index (χ0v) is 64.4. The summed E-state index contributed by atoms with van der Waals surface area (Å²) >= 11 is 0. The van der Waals surface area contributed by atoms with Crippen LogP contribution in [0.5, 0.6) is 23.0 Å². The minimum atomic E-state index is -0.751. The molecule has 16 aromatic rings. The van der Waals surface area contributed by atoms with Gasteiger partial charge in [0.1, 0.15) is 49.4 Å². The molecule has 6 nitrogen and oxygen atoms in total. The van der Waals surface area contributed by atoms with E-state index in [0.29, 0.717) is 26.4 Å². The lowest BCUT2D eigenvalue weighted by Gasteiger charge is -2.35. The molecule has 2 aliphatic carbocycles. The number of fused-ring (bicyclic) bond motifs is 6. The molecule has 0 N–H and O–H groups in total. The van der Waals surface area contributed by atoms with Crippen molar-refractivity contribution in [3.63, 3.8) is 0 Å². The Labute approximate surface area is 680 Å². The summed E-state index contributed by atoms with van der Waals surface area (Å²) in [5, 5.41) is 0. The van der Waals surface area contributed by atoms with E-state index in [1.807, 2.05) is 24.3 Å². The van der Waals surface area contributed by atoms with Crippen molar-refractivity contribution in [2.24, 2.45) is 0 Å². The van der Waals surface area contributed by atoms with Crippen LogP contribution in [-0.4, -0.2) is 0 Å². The lowest BCUT2D eigenvalue weighted by molar-refractivity contribution is 0.306.